The monoisotopic (exact) mass is 610 g/mol. The molecular weight excluding hydrogens is 568 g/mol. The number of aromatic hydroxyl groups is 3. The van der Waals surface area contributed by atoms with E-state index in [4.69, 9.17) is 14.2 Å². The van der Waals surface area contributed by atoms with Gasteiger partial charge in [-0.15, -0.1) is 0 Å². The van der Waals surface area contributed by atoms with Gasteiger partial charge < -0.3 is 29.5 Å². The molecule has 0 radical (unpaired) electrons. The van der Waals surface area contributed by atoms with Crippen molar-refractivity contribution >= 4 is 0 Å². The molecule has 2 aliphatic rings. The Morgan fingerprint density at radius 3 is 1.53 bits per heavy atom. The van der Waals surface area contributed by atoms with Crippen molar-refractivity contribution in [2.75, 3.05) is 48.5 Å². The van der Waals surface area contributed by atoms with E-state index in [0.29, 0.717) is 17.2 Å². The number of phenolic OH excluding ortho intramolecular Hbond substituents is 3. The molecule has 0 aliphatic carbocycles. The molecule has 0 bridgehead atoms. The molecule has 0 unspecified atom stereocenters. The van der Waals surface area contributed by atoms with Gasteiger partial charge in [0.25, 0.3) is 0 Å². The van der Waals surface area contributed by atoms with Gasteiger partial charge in [-0.3, -0.25) is 9.80 Å². The molecule has 0 saturated heterocycles. The van der Waals surface area contributed by atoms with E-state index in [1.807, 2.05) is 36.4 Å². The SMILES string of the molecule is COc1cc2c(cc1O)CCN(C)[C@@H]2Cc1ccc(O)c(-c2cc(C[C@@H]3c4cc(OC)c(O)cc4CCN3C)ccc2OC)c1. The highest BCUT2D eigenvalue weighted by molar-refractivity contribution is 5.77. The van der Waals surface area contributed by atoms with Crippen molar-refractivity contribution < 1.29 is 29.5 Å². The Hall–Kier alpha value is -4.40. The number of phenols is 3. The summed E-state index contributed by atoms with van der Waals surface area (Å²) in [6.45, 7) is 1.77. The predicted molar refractivity (Wildman–Crippen MR) is 175 cm³/mol. The van der Waals surface area contributed by atoms with Crippen molar-refractivity contribution in [2.24, 2.45) is 0 Å². The Labute approximate surface area is 265 Å². The molecule has 0 fully saturated rings. The number of hydrogen-bond donors (Lipinski definition) is 3. The zero-order valence-corrected chi connectivity index (χ0v) is 26.6. The summed E-state index contributed by atoms with van der Waals surface area (Å²) in [5, 5.41) is 31.9. The maximum atomic E-state index is 11.1. The molecular formula is C37H42N2O6. The summed E-state index contributed by atoms with van der Waals surface area (Å²) in [5.41, 5.74) is 8.32. The summed E-state index contributed by atoms with van der Waals surface area (Å²) in [7, 11) is 9.05. The van der Waals surface area contributed by atoms with E-state index in [-0.39, 0.29) is 29.3 Å². The summed E-state index contributed by atoms with van der Waals surface area (Å²) in [5.74, 6) is 2.17. The van der Waals surface area contributed by atoms with Crippen LogP contribution in [-0.4, -0.2) is 73.6 Å². The summed E-state index contributed by atoms with van der Waals surface area (Å²) < 4.78 is 16.7. The summed E-state index contributed by atoms with van der Waals surface area (Å²) in [6, 6.07) is 19.7. The quantitative estimate of drug-likeness (QED) is 0.222. The van der Waals surface area contributed by atoms with Gasteiger partial charge >= 0.3 is 0 Å². The minimum absolute atomic E-state index is 0.0900. The van der Waals surface area contributed by atoms with Gasteiger partial charge in [-0.1, -0.05) is 12.1 Å². The third kappa shape index (κ3) is 5.88. The molecule has 2 heterocycles. The van der Waals surface area contributed by atoms with E-state index in [1.165, 1.54) is 0 Å². The van der Waals surface area contributed by atoms with Gasteiger partial charge in [-0.25, -0.2) is 0 Å². The van der Waals surface area contributed by atoms with Crippen molar-refractivity contribution in [2.45, 2.75) is 37.8 Å². The van der Waals surface area contributed by atoms with Gasteiger partial charge in [0, 0.05) is 36.3 Å². The van der Waals surface area contributed by atoms with Crippen LogP contribution in [0.4, 0.5) is 0 Å². The molecule has 2 aliphatic heterocycles. The standard InChI is InChI=1S/C37H42N2O6/c1-38-12-10-24-18-33(41)36(44-4)20-26(24)30(38)16-22-6-8-32(40)28(14-22)29-15-23(7-9-35(29)43-3)17-31-27-21-37(45-5)34(42)19-25(27)11-13-39(31)2/h6-9,14-15,18-21,30-31,40-42H,10-13,16-17H2,1-5H3/t30-,31-/m1/s1. The van der Waals surface area contributed by atoms with Crippen LogP contribution < -0.4 is 14.2 Å². The van der Waals surface area contributed by atoms with E-state index >= 15 is 0 Å². The van der Waals surface area contributed by atoms with Crippen molar-refractivity contribution in [3.63, 3.8) is 0 Å². The smallest absolute Gasteiger partial charge is 0.160 e. The van der Waals surface area contributed by atoms with Crippen LogP contribution in [0.2, 0.25) is 0 Å². The number of hydrogen-bond acceptors (Lipinski definition) is 8. The van der Waals surface area contributed by atoms with Crippen LogP contribution in [0.3, 0.4) is 0 Å². The van der Waals surface area contributed by atoms with E-state index in [2.05, 4.69) is 42.1 Å². The molecule has 8 heteroatoms. The van der Waals surface area contributed by atoms with E-state index in [0.717, 1.165) is 83.3 Å². The molecule has 2 atom stereocenters. The van der Waals surface area contributed by atoms with Crippen LogP contribution in [0.1, 0.15) is 45.5 Å². The van der Waals surface area contributed by atoms with Gasteiger partial charge in [0.1, 0.15) is 11.5 Å². The topological polar surface area (TPSA) is 94.9 Å². The Morgan fingerprint density at radius 1 is 0.578 bits per heavy atom. The molecule has 4 aromatic rings. The minimum atomic E-state index is 0.0900. The number of rotatable bonds is 8. The maximum Gasteiger partial charge on any atom is 0.160 e. The highest BCUT2D eigenvalue weighted by Gasteiger charge is 2.29. The summed E-state index contributed by atoms with van der Waals surface area (Å²) >= 11 is 0. The second-order valence-corrected chi connectivity index (χ2v) is 12.2. The average molecular weight is 611 g/mol. The maximum absolute atomic E-state index is 11.1. The highest BCUT2D eigenvalue weighted by atomic mass is 16.5. The second-order valence-electron chi connectivity index (χ2n) is 12.2. The van der Waals surface area contributed by atoms with Crippen LogP contribution in [0, 0.1) is 0 Å². The summed E-state index contributed by atoms with van der Waals surface area (Å²) in [6.07, 6.45) is 3.20. The first-order valence-electron chi connectivity index (χ1n) is 15.4. The molecule has 0 aromatic heterocycles. The first-order valence-corrected chi connectivity index (χ1v) is 15.4. The Balaban J connectivity index is 1.34. The van der Waals surface area contributed by atoms with Crippen molar-refractivity contribution in [3.8, 4) is 45.6 Å². The molecule has 45 heavy (non-hydrogen) atoms. The average Bonchev–Trinajstić information content (AvgIpc) is 3.04. The molecule has 0 saturated carbocycles. The number of methoxy groups -OCH3 is 3. The fourth-order valence-corrected chi connectivity index (χ4v) is 7.01. The molecule has 3 N–H and O–H groups in total. The largest absolute Gasteiger partial charge is 0.507 e. The van der Waals surface area contributed by atoms with Crippen molar-refractivity contribution in [1.29, 1.82) is 0 Å². The molecule has 236 valence electrons. The lowest BCUT2D eigenvalue weighted by atomic mass is 9.87. The fourth-order valence-electron chi connectivity index (χ4n) is 7.01. The van der Waals surface area contributed by atoms with E-state index in [1.54, 1.807) is 27.4 Å². The van der Waals surface area contributed by atoms with Crippen LogP contribution in [0.15, 0.2) is 60.7 Å². The first-order chi connectivity index (χ1) is 21.7. The van der Waals surface area contributed by atoms with Crippen LogP contribution in [0.5, 0.6) is 34.5 Å². The molecule has 0 amide bonds. The van der Waals surface area contributed by atoms with Crippen LogP contribution >= 0.6 is 0 Å². The van der Waals surface area contributed by atoms with Crippen LogP contribution in [-0.2, 0) is 25.7 Å². The first kappa shape index (κ1) is 30.6. The zero-order chi connectivity index (χ0) is 31.8. The molecule has 4 aromatic carbocycles. The molecule has 8 nitrogen and oxygen atoms in total. The Morgan fingerprint density at radius 2 is 1.04 bits per heavy atom. The molecule has 0 spiro atoms. The highest BCUT2D eigenvalue weighted by Crippen LogP contribution is 2.43. The Kier molecular flexibility index (Phi) is 8.53. The van der Waals surface area contributed by atoms with Gasteiger partial charge in [0.2, 0.25) is 0 Å². The fraction of sp³-hybridized carbons (Fsp3) is 0.351. The summed E-state index contributed by atoms with van der Waals surface area (Å²) in [4.78, 5) is 4.67. The van der Waals surface area contributed by atoms with Gasteiger partial charge in [0.05, 0.1) is 21.3 Å². The molecule has 6 rings (SSSR count). The van der Waals surface area contributed by atoms with Gasteiger partial charge in [-0.2, -0.15) is 0 Å². The van der Waals surface area contributed by atoms with Gasteiger partial charge in [0.15, 0.2) is 23.0 Å². The normalized spacial score (nSPS) is 18.2. The number of fused-ring (bicyclic) bond motifs is 2. The number of nitrogens with zero attached hydrogens (tertiary/aromatic N) is 2. The number of ether oxygens (including phenoxy) is 3. The third-order valence-electron chi connectivity index (χ3n) is 9.60. The third-order valence-corrected chi connectivity index (χ3v) is 9.60. The Bertz CT molecular complexity index is 1720. The minimum Gasteiger partial charge on any atom is -0.507 e. The lowest BCUT2D eigenvalue weighted by Gasteiger charge is -2.35. The van der Waals surface area contributed by atoms with Crippen molar-refractivity contribution in [1.82, 2.24) is 9.80 Å². The predicted octanol–water partition coefficient (Wildman–Crippen LogP) is 6.04. The number of likely N-dealkylation sites (N-methyl/N-ethyl adjacent to an activating group) is 2. The zero-order valence-electron chi connectivity index (χ0n) is 26.6. The van der Waals surface area contributed by atoms with Gasteiger partial charge in [-0.05, 0) is 122 Å². The second kappa shape index (κ2) is 12.5. The van der Waals surface area contributed by atoms with Crippen molar-refractivity contribution in [3.05, 3.63) is 94.0 Å². The lowest BCUT2D eigenvalue weighted by molar-refractivity contribution is 0.228. The van der Waals surface area contributed by atoms with E-state index in [9.17, 15) is 15.3 Å². The lowest BCUT2D eigenvalue weighted by Crippen LogP contribution is -2.33. The van der Waals surface area contributed by atoms with Crippen LogP contribution in [0.25, 0.3) is 11.1 Å². The van der Waals surface area contributed by atoms with E-state index < -0.39 is 0 Å². The number of benzene rings is 4.